The van der Waals surface area contributed by atoms with E-state index in [0.29, 0.717) is 6.54 Å². The van der Waals surface area contributed by atoms with Crippen molar-refractivity contribution in [2.75, 3.05) is 20.1 Å². The highest BCUT2D eigenvalue weighted by atomic mass is 16.4. The van der Waals surface area contributed by atoms with E-state index in [1.807, 2.05) is 23.9 Å². The van der Waals surface area contributed by atoms with Gasteiger partial charge >= 0.3 is 12.0 Å². The molecule has 1 heterocycles. The van der Waals surface area contributed by atoms with E-state index >= 15 is 0 Å². The van der Waals surface area contributed by atoms with Crippen molar-refractivity contribution in [3.8, 4) is 0 Å². The zero-order valence-corrected chi connectivity index (χ0v) is 12.1. The Labute approximate surface area is 118 Å². The fourth-order valence-electron chi connectivity index (χ4n) is 1.76. The van der Waals surface area contributed by atoms with Crippen molar-refractivity contribution in [2.24, 2.45) is 11.8 Å². The number of carboxylic acids is 1. The molecule has 7 heteroatoms. The highest BCUT2D eigenvalue weighted by molar-refractivity contribution is 5.75. The number of nitrogens with zero attached hydrogens (tertiary/aromatic N) is 3. The Morgan fingerprint density at radius 1 is 1.45 bits per heavy atom. The SMILES string of the molecule is CC(CNC(=O)N(C)CC(C)C(=O)O)Cn1cccn1. The van der Waals surface area contributed by atoms with Crippen molar-refractivity contribution in [3.05, 3.63) is 18.5 Å². The molecule has 0 saturated carbocycles. The van der Waals surface area contributed by atoms with Crippen LogP contribution in [-0.4, -0.2) is 51.9 Å². The van der Waals surface area contributed by atoms with Crippen LogP contribution in [0, 0.1) is 11.8 Å². The second-order valence-corrected chi connectivity index (χ2v) is 5.14. The van der Waals surface area contributed by atoms with Crippen LogP contribution in [0.3, 0.4) is 0 Å². The summed E-state index contributed by atoms with van der Waals surface area (Å²) in [5.41, 5.74) is 0. The predicted octanol–water partition coefficient (Wildman–Crippen LogP) is 0.881. The molecule has 0 aromatic carbocycles. The Bertz CT molecular complexity index is 433. The normalized spacial score (nSPS) is 13.6. The van der Waals surface area contributed by atoms with E-state index in [0.717, 1.165) is 6.54 Å². The van der Waals surface area contributed by atoms with Crippen LogP contribution in [0.15, 0.2) is 18.5 Å². The maximum absolute atomic E-state index is 11.8. The first-order valence-electron chi connectivity index (χ1n) is 6.59. The number of rotatable bonds is 7. The molecule has 0 saturated heterocycles. The van der Waals surface area contributed by atoms with E-state index < -0.39 is 11.9 Å². The molecule has 2 N–H and O–H groups in total. The zero-order valence-electron chi connectivity index (χ0n) is 12.1. The molecule has 0 aliphatic carbocycles. The summed E-state index contributed by atoms with van der Waals surface area (Å²) in [7, 11) is 1.59. The second-order valence-electron chi connectivity index (χ2n) is 5.14. The van der Waals surface area contributed by atoms with Crippen LogP contribution in [-0.2, 0) is 11.3 Å². The molecule has 2 amide bonds. The maximum Gasteiger partial charge on any atom is 0.317 e. The first-order chi connectivity index (χ1) is 9.40. The highest BCUT2D eigenvalue weighted by Crippen LogP contribution is 2.01. The molecule has 0 bridgehead atoms. The van der Waals surface area contributed by atoms with E-state index in [-0.39, 0.29) is 18.5 Å². The highest BCUT2D eigenvalue weighted by Gasteiger charge is 2.17. The molecule has 0 fully saturated rings. The summed E-state index contributed by atoms with van der Waals surface area (Å²) in [6, 6.07) is 1.59. The number of nitrogens with one attached hydrogen (secondary N) is 1. The van der Waals surface area contributed by atoms with Gasteiger partial charge in [-0.15, -0.1) is 0 Å². The standard InChI is InChI=1S/C13H22N4O3/c1-10(8-17-6-4-5-15-17)7-14-13(20)16(3)9-11(2)12(18)19/h4-6,10-11H,7-9H2,1-3H3,(H,14,20)(H,18,19). The van der Waals surface area contributed by atoms with Crippen molar-refractivity contribution in [1.82, 2.24) is 20.0 Å². The fraction of sp³-hybridized carbons (Fsp3) is 0.615. The summed E-state index contributed by atoms with van der Waals surface area (Å²) in [5.74, 6) is -1.24. The molecule has 0 radical (unpaired) electrons. The third-order valence-corrected chi connectivity index (χ3v) is 2.98. The van der Waals surface area contributed by atoms with E-state index in [1.165, 1.54) is 4.90 Å². The van der Waals surface area contributed by atoms with Crippen LogP contribution in [0.25, 0.3) is 0 Å². The van der Waals surface area contributed by atoms with Crippen LogP contribution in [0.4, 0.5) is 4.79 Å². The minimum Gasteiger partial charge on any atom is -0.481 e. The number of carbonyl (C=O) groups is 2. The summed E-state index contributed by atoms with van der Waals surface area (Å²) in [4.78, 5) is 23.9. The topological polar surface area (TPSA) is 87.5 Å². The monoisotopic (exact) mass is 282 g/mol. The van der Waals surface area contributed by atoms with Crippen LogP contribution in [0.5, 0.6) is 0 Å². The van der Waals surface area contributed by atoms with E-state index in [1.54, 1.807) is 20.2 Å². The van der Waals surface area contributed by atoms with Crippen molar-refractivity contribution in [1.29, 1.82) is 0 Å². The van der Waals surface area contributed by atoms with E-state index in [9.17, 15) is 9.59 Å². The quantitative estimate of drug-likeness (QED) is 0.777. The molecular weight excluding hydrogens is 260 g/mol. The van der Waals surface area contributed by atoms with E-state index in [4.69, 9.17) is 5.11 Å². The third-order valence-electron chi connectivity index (χ3n) is 2.98. The van der Waals surface area contributed by atoms with Gasteiger partial charge in [-0.1, -0.05) is 13.8 Å². The number of hydrogen-bond acceptors (Lipinski definition) is 3. The average Bonchev–Trinajstić information content (AvgIpc) is 2.88. The molecule has 0 aliphatic rings. The first-order valence-corrected chi connectivity index (χ1v) is 6.59. The molecule has 112 valence electrons. The van der Waals surface area contributed by atoms with Crippen LogP contribution >= 0.6 is 0 Å². The van der Waals surface area contributed by atoms with Gasteiger partial charge in [-0.3, -0.25) is 9.48 Å². The van der Waals surface area contributed by atoms with Gasteiger partial charge in [-0.25, -0.2) is 4.79 Å². The Morgan fingerprint density at radius 3 is 2.70 bits per heavy atom. The molecule has 1 aromatic rings. The van der Waals surface area contributed by atoms with Gasteiger partial charge in [0.05, 0.1) is 5.92 Å². The van der Waals surface area contributed by atoms with Crippen LogP contribution < -0.4 is 5.32 Å². The summed E-state index contributed by atoms with van der Waals surface area (Å²) >= 11 is 0. The molecule has 2 unspecified atom stereocenters. The van der Waals surface area contributed by atoms with Gasteiger partial charge in [-0.2, -0.15) is 5.10 Å². The van der Waals surface area contributed by atoms with Crippen molar-refractivity contribution in [3.63, 3.8) is 0 Å². The lowest BCUT2D eigenvalue weighted by molar-refractivity contribution is -0.141. The number of aliphatic carboxylic acids is 1. The summed E-state index contributed by atoms with van der Waals surface area (Å²) < 4.78 is 1.81. The molecule has 1 rings (SSSR count). The molecule has 0 spiro atoms. The van der Waals surface area contributed by atoms with Crippen molar-refractivity contribution >= 4 is 12.0 Å². The summed E-state index contributed by atoms with van der Waals surface area (Å²) in [6.07, 6.45) is 3.59. The van der Waals surface area contributed by atoms with Gasteiger partial charge in [0, 0.05) is 39.1 Å². The fourth-order valence-corrected chi connectivity index (χ4v) is 1.76. The van der Waals surface area contributed by atoms with Gasteiger partial charge in [0.1, 0.15) is 0 Å². The predicted molar refractivity (Wildman–Crippen MR) is 74.2 cm³/mol. The molecule has 20 heavy (non-hydrogen) atoms. The first kappa shape index (κ1) is 16.0. The largest absolute Gasteiger partial charge is 0.481 e. The van der Waals surface area contributed by atoms with Gasteiger partial charge in [0.25, 0.3) is 0 Å². The molecule has 1 aromatic heterocycles. The lowest BCUT2D eigenvalue weighted by Gasteiger charge is -2.21. The maximum atomic E-state index is 11.8. The van der Waals surface area contributed by atoms with Gasteiger partial charge in [0.2, 0.25) is 0 Å². The van der Waals surface area contributed by atoms with Crippen molar-refractivity contribution < 1.29 is 14.7 Å². The lowest BCUT2D eigenvalue weighted by atomic mass is 10.2. The Morgan fingerprint density at radius 2 is 2.15 bits per heavy atom. The van der Waals surface area contributed by atoms with Gasteiger partial charge in [0.15, 0.2) is 0 Å². The zero-order chi connectivity index (χ0) is 15.1. The van der Waals surface area contributed by atoms with Crippen LogP contribution in [0.2, 0.25) is 0 Å². The van der Waals surface area contributed by atoms with Crippen LogP contribution in [0.1, 0.15) is 13.8 Å². The number of amides is 2. The Hall–Kier alpha value is -2.05. The number of aromatic nitrogens is 2. The summed E-state index contributed by atoms with van der Waals surface area (Å²) in [6.45, 7) is 5.02. The number of carbonyl (C=O) groups excluding carboxylic acids is 1. The van der Waals surface area contributed by atoms with Crippen molar-refractivity contribution in [2.45, 2.75) is 20.4 Å². The number of urea groups is 1. The smallest absolute Gasteiger partial charge is 0.317 e. The third kappa shape index (κ3) is 5.29. The molecule has 7 nitrogen and oxygen atoms in total. The Balaban J connectivity index is 2.29. The minimum absolute atomic E-state index is 0.189. The summed E-state index contributed by atoms with van der Waals surface area (Å²) in [5, 5.41) is 15.7. The average molecular weight is 282 g/mol. The molecular formula is C13H22N4O3. The Kier molecular flexibility index (Phi) is 6.02. The molecule has 2 atom stereocenters. The van der Waals surface area contributed by atoms with Gasteiger partial charge in [-0.05, 0) is 12.0 Å². The second kappa shape index (κ2) is 7.52. The minimum atomic E-state index is -0.906. The number of carboxylic acid groups (broad SMARTS) is 1. The van der Waals surface area contributed by atoms with E-state index in [2.05, 4.69) is 10.4 Å². The lowest BCUT2D eigenvalue weighted by Crippen LogP contribution is -2.42. The van der Waals surface area contributed by atoms with Gasteiger partial charge < -0.3 is 15.3 Å². The number of hydrogen-bond donors (Lipinski definition) is 2. The molecule has 0 aliphatic heterocycles.